The van der Waals surface area contributed by atoms with Crippen LogP contribution in [0.25, 0.3) is 0 Å². The van der Waals surface area contributed by atoms with Crippen LogP contribution in [0.2, 0.25) is 26.2 Å². The fraction of sp³-hybridized carbons (Fsp3) is 0.289. The van der Waals surface area contributed by atoms with E-state index in [-0.39, 0.29) is 89.8 Å². The molecule has 0 aliphatic carbocycles. The van der Waals surface area contributed by atoms with Gasteiger partial charge in [-0.05, 0) is 148 Å². The smallest absolute Gasteiger partial charge is 0.465 e. The molecule has 13 rings (SSSR count). The summed E-state index contributed by atoms with van der Waals surface area (Å²) in [5, 5.41) is 39.7. The number of hydrogen-bond acceptors (Lipinski definition) is 29. The van der Waals surface area contributed by atoms with Gasteiger partial charge in [-0.3, -0.25) is 40.1 Å². The summed E-state index contributed by atoms with van der Waals surface area (Å²) in [5.41, 5.74) is 1.65. The zero-order valence-electron chi connectivity index (χ0n) is 72.8. The minimum absolute atomic E-state index is 0. The van der Waals surface area contributed by atoms with E-state index in [0.29, 0.717) is 61.1 Å². The molecule has 0 bridgehead atoms. The van der Waals surface area contributed by atoms with E-state index in [4.69, 9.17) is 66.8 Å². The molecule has 41 heteroatoms. The molecule has 0 saturated heterocycles. The number of hydrogen-bond donors (Lipinski definition) is 1. The van der Waals surface area contributed by atoms with Crippen molar-refractivity contribution >= 4 is 136 Å². The summed E-state index contributed by atoms with van der Waals surface area (Å²) in [6, 6.07) is 45.1. The van der Waals surface area contributed by atoms with Crippen LogP contribution in [0.1, 0.15) is 158 Å². The van der Waals surface area contributed by atoms with E-state index in [2.05, 4.69) is 64.1 Å². The van der Waals surface area contributed by atoms with E-state index in [1.54, 1.807) is 55.5 Å². The van der Waals surface area contributed by atoms with Gasteiger partial charge in [-0.15, -0.1) is 0 Å². The van der Waals surface area contributed by atoms with Crippen LogP contribution in [0, 0.1) is 51.1 Å². The number of esters is 3. The number of alkyl carbamates (subject to hydrolysis) is 1. The standard InChI is InChI=1S/C47H46N4O12Si.C28H27F3O5SSi.C10H12N2O4.4CO2.CH4/c1-27-10-18-38(50(56)57)29(20-27)25-61-44(54)48(5)32-13-16-35-40(23-32)64(8,9)41-24-33(49(6)45(55)62-26-30-21-28(42(52)60-7)11-19-39(30)51(58)59)14-17-36(41)47(35)37-22-31(46(2,3)4)12-15-34(37)43(53)63-47;1-16-7-11-20-23(13-16)38(5,6)24-15-18(36-37(33,34)28(29,30)31)9-12-21(24)27(20)22-14-17(26(2,3)4)8-10-19(22)25(32)35-27;1-7-3-4-9(12(14)15)8(5-7)6-16-10(13)11-2;4*2-1-3;/h10-24H,25-26H2,1-9H3;7-15H,1-6H3;3-5H,6H2,1-2H3,(H,11,13);;;;;1H4. The molecular weight excluding hydrogens is 1770 g/mol. The van der Waals surface area contributed by atoms with Crippen LogP contribution in [-0.4, -0.2) is 134 Å². The van der Waals surface area contributed by atoms with Crippen LogP contribution in [0.15, 0.2) is 164 Å². The van der Waals surface area contributed by atoms with Gasteiger partial charge in [0.2, 0.25) is 0 Å². The minimum atomic E-state index is -5.86. The number of aryl methyl sites for hydroxylation is 3. The van der Waals surface area contributed by atoms with Gasteiger partial charge in [0.25, 0.3) is 17.1 Å². The Balaban J connectivity index is 0.000000330. The maximum atomic E-state index is 14.0. The predicted molar refractivity (Wildman–Crippen MR) is 464 cm³/mol. The Morgan fingerprint density at radius 2 is 0.802 bits per heavy atom. The van der Waals surface area contributed by atoms with Gasteiger partial charge in [0.15, 0.2) is 11.2 Å². The molecule has 2 unspecified atom stereocenters. The van der Waals surface area contributed by atoms with E-state index in [1.165, 1.54) is 80.5 Å². The maximum Gasteiger partial charge on any atom is 0.534 e. The van der Waals surface area contributed by atoms with Gasteiger partial charge in [-0.1, -0.05) is 153 Å². The fourth-order valence-electron chi connectivity index (χ4n) is 15.1. The molecule has 0 saturated carbocycles. The first-order chi connectivity index (χ1) is 60.7. The number of halogens is 3. The Morgan fingerprint density at radius 3 is 1.16 bits per heavy atom. The lowest BCUT2D eigenvalue weighted by Crippen LogP contribution is -2.63. The average Bonchev–Trinajstić information content (AvgIpc) is 1.58. The van der Waals surface area contributed by atoms with Crippen molar-refractivity contribution in [3.63, 3.8) is 0 Å². The van der Waals surface area contributed by atoms with Gasteiger partial charge in [-0.25, -0.2) is 28.8 Å². The van der Waals surface area contributed by atoms with E-state index in [0.717, 1.165) is 55.0 Å². The molecule has 1 N–H and O–H groups in total. The van der Waals surface area contributed by atoms with Crippen molar-refractivity contribution < 1.29 is 136 Å². The molecule has 2 spiro atoms. The molecule has 0 radical (unpaired) electrons. The SMILES string of the molecule is C.CNC(=O)OCc1cc(C)ccc1[N+](=O)[O-].COC(=O)c1ccc([N+](=O)[O-])c(COC(=O)N(C)c2ccc3c(c2)[Si](C)(C)c2cc(N(C)C(=O)OCc4cc(C)ccc4[N+](=O)[O-])ccc2C32OC(=O)c3ccc(C(C)(C)C)cc32)c1.Cc1ccc2c(c1)[Si](C)(C)c1cc(OS(=O)(=O)C(F)(F)F)ccc1C21OC(=O)c2ccc(C(C)(C)C)cc21.O=C=O.O=C=O.O=C=O.O=C=O. The highest BCUT2D eigenvalue weighted by Crippen LogP contribution is 2.53. The number of nitro groups is 3. The molecule has 4 aliphatic rings. The Hall–Kier alpha value is -15.1. The summed E-state index contributed by atoms with van der Waals surface area (Å²) in [5.74, 6) is -2.17. The first-order valence-corrected chi connectivity index (χ1v) is 45.9. The van der Waals surface area contributed by atoms with Crippen molar-refractivity contribution in [3.05, 3.63) is 289 Å². The van der Waals surface area contributed by atoms with Gasteiger partial charge in [-0.2, -0.15) is 59.9 Å². The Labute approximate surface area is 749 Å². The number of ether oxygens (including phenoxy) is 6. The van der Waals surface area contributed by atoms with E-state index >= 15 is 0 Å². The largest absolute Gasteiger partial charge is 0.534 e. The number of rotatable bonds is 14. The lowest BCUT2D eigenvalue weighted by Gasteiger charge is -2.44. The molecule has 0 aromatic heterocycles. The number of fused-ring (bicyclic) bond motifs is 12. The molecule has 4 aliphatic heterocycles. The summed E-state index contributed by atoms with van der Waals surface area (Å²) < 4.78 is 101. The quantitative estimate of drug-likeness (QED) is 0.0201. The van der Waals surface area contributed by atoms with Crippen LogP contribution in [-0.2, 0) is 119 Å². The van der Waals surface area contributed by atoms with Crippen molar-refractivity contribution in [1.29, 1.82) is 0 Å². The lowest BCUT2D eigenvalue weighted by atomic mass is 9.76. The summed E-state index contributed by atoms with van der Waals surface area (Å²) in [6.07, 6.45) is -1.21. The highest BCUT2D eigenvalue weighted by atomic mass is 32.2. The number of anilines is 2. The average molecular weight is 1860 g/mol. The molecule has 35 nitrogen and oxygen atoms in total. The van der Waals surface area contributed by atoms with Crippen molar-refractivity contribution in [2.45, 2.75) is 143 Å². The maximum absolute atomic E-state index is 14.0. The van der Waals surface area contributed by atoms with Crippen LogP contribution < -0.4 is 40.0 Å². The van der Waals surface area contributed by atoms with E-state index < -0.39 is 106 Å². The van der Waals surface area contributed by atoms with Crippen molar-refractivity contribution in [2.75, 3.05) is 38.1 Å². The van der Waals surface area contributed by atoms with Gasteiger partial charge < -0.3 is 37.9 Å². The Bertz CT molecular complexity index is 6230. The second-order valence-corrected chi connectivity index (χ2v) is 42.6. The third-order valence-corrected chi connectivity index (χ3v) is 29.5. The number of nitro benzene ring substituents is 3. The zero-order valence-corrected chi connectivity index (χ0v) is 75.6. The minimum Gasteiger partial charge on any atom is -0.465 e. The normalized spacial score (nSPS) is 14.8. The monoisotopic (exact) mass is 1860 g/mol. The number of amides is 3. The molecule has 9 aromatic rings. The number of carbonyl (C=O) groups is 6. The third-order valence-electron chi connectivity index (χ3n) is 21.5. The van der Waals surface area contributed by atoms with E-state index in [1.807, 2.05) is 93.7 Å². The van der Waals surface area contributed by atoms with Gasteiger partial charge >= 0.3 is 76.4 Å². The second kappa shape index (κ2) is 41.8. The van der Waals surface area contributed by atoms with Crippen LogP contribution in [0.3, 0.4) is 0 Å². The highest BCUT2D eigenvalue weighted by molar-refractivity contribution is 7.88. The number of nitrogens with one attached hydrogen (secondary N) is 1. The fourth-order valence-corrected chi connectivity index (χ4v) is 21.9. The number of alkyl halides is 3. The Morgan fingerprint density at radius 1 is 0.473 bits per heavy atom. The molecule has 3 amide bonds. The van der Waals surface area contributed by atoms with Gasteiger partial charge in [0, 0.05) is 84.1 Å². The molecule has 688 valence electrons. The lowest BCUT2D eigenvalue weighted by molar-refractivity contribution is -0.386. The summed E-state index contributed by atoms with van der Waals surface area (Å²) in [6.45, 7) is 25.3. The Kier molecular flexibility index (Phi) is 33.4. The van der Waals surface area contributed by atoms with E-state index in [9.17, 15) is 80.7 Å². The summed E-state index contributed by atoms with van der Waals surface area (Å²) >= 11 is 0. The molecular formula is C90H89F3N6O29SSi2. The van der Waals surface area contributed by atoms with Crippen molar-refractivity contribution in [2.24, 2.45) is 0 Å². The van der Waals surface area contributed by atoms with Crippen LogP contribution in [0.4, 0.5) is 56.0 Å². The highest BCUT2D eigenvalue weighted by Gasteiger charge is 2.59. The second-order valence-electron chi connectivity index (χ2n) is 32.4. The number of nitrogens with zero attached hydrogens (tertiary/aromatic N) is 5. The predicted octanol–water partition coefficient (Wildman–Crippen LogP) is 13.2. The molecule has 9 aromatic carbocycles. The number of methoxy groups -OCH3 is 1. The third kappa shape index (κ3) is 22.2. The molecule has 4 heterocycles. The van der Waals surface area contributed by atoms with Crippen molar-refractivity contribution in [3.8, 4) is 5.75 Å². The van der Waals surface area contributed by atoms with Crippen LogP contribution >= 0.6 is 0 Å². The zero-order chi connectivity index (χ0) is 97.6. The van der Waals surface area contributed by atoms with Crippen molar-refractivity contribution in [1.82, 2.24) is 5.32 Å². The molecule has 2 atom stereocenters. The summed E-state index contributed by atoms with van der Waals surface area (Å²) in [4.78, 5) is 178. The number of benzene rings is 9. The first kappa shape index (κ1) is 105. The molecule has 0 fully saturated rings. The molecule has 131 heavy (non-hydrogen) atoms. The van der Waals surface area contributed by atoms with Gasteiger partial charge in [0.05, 0.1) is 55.3 Å². The first-order valence-electron chi connectivity index (χ1n) is 38.5. The van der Waals surface area contributed by atoms with Crippen LogP contribution in [0.5, 0.6) is 5.75 Å². The number of carbonyl (C=O) groups excluding carboxylic acids is 14. The summed E-state index contributed by atoms with van der Waals surface area (Å²) in [7, 11) is -5.77. The topological polar surface area (TPSA) is 486 Å². The van der Waals surface area contributed by atoms with Gasteiger partial charge in [0.1, 0.15) is 41.7 Å².